The van der Waals surface area contributed by atoms with Crippen LogP contribution in [-0.4, -0.2) is 18.6 Å². The monoisotopic (exact) mass is 245 g/mol. The molecule has 0 radical (unpaired) electrons. The number of hydrogen-bond donors (Lipinski definition) is 1. The molecule has 1 aliphatic heterocycles. The number of hydrogen-bond acceptors (Lipinski definition) is 2. The number of carbonyl (C=O) groups excluding carboxylic acids is 1. The minimum atomic E-state index is 0.0334. The maximum Gasteiger partial charge on any atom is 0.221 e. The summed E-state index contributed by atoms with van der Waals surface area (Å²) in [5.41, 5.74) is 1.29. The fourth-order valence-corrected chi connectivity index (χ4v) is 3.55. The van der Waals surface area contributed by atoms with Crippen molar-refractivity contribution in [2.45, 2.75) is 43.6 Å². The highest BCUT2D eigenvalue weighted by Crippen LogP contribution is 2.46. The van der Waals surface area contributed by atoms with E-state index >= 15 is 0 Å². The first-order valence-corrected chi connectivity index (χ1v) is 6.68. The van der Waals surface area contributed by atoms with Crippen LogP contribution in [0.25, 0.3) is 0 Å². The van der Waals surface area contributed by atoms with Crippen LogP contribution >= 0.6 is 0 Å². The molecule has 0 bridgehead atoms. The first-order valence-electron chi connectivity index (χ1n) is 6.68. The molecule has 1 aromatic rings. The van der Waals surface area contributed by atoms with Crippen LogP contribution in [-0.2, 0) is 4.79 Å². The maximum atomic E-state index is 11.8. The topological polar surface area (TPSA) is 38.3 Å². The molecular formula is C15H19NO2. The number of carbonyl (C=O) groups is 1. The molecular weight excluding hydrogens is 226 g/mol. The molecule has 1 atom stereocenters. The number of amides is 1. The molecule has 1 aromatic carbocycles. The van der Waals surface area contributed by atoms with Crippen molar-refractivity contribution < 1.29 is 9.53 Å². The van der Waals surface area contributed by atoms with Gasteiger partial charge in [0, 0.05) is 17.9 Å². The summed E-state index contributed by atoms with van der Waals surface area (Å²) >= 11 is 0. The average Bonchev–Trinajstić information content (AvgIpc) is 2.98. The van der Waals surface area contributed by atoms with Gasteiger partial charge in [-0.05, 0) is 30.5 Å². The van der Waals surface area contributed by atoms with Crippen molar-refractivity contribution in [2.75, 3.05) is 7.11 Å². The summed E-state index contributed by atoms with van der Waals surface area (Å²) in [4.78, 5) is 11.8. The predicted molar refractivity (Wildman–Crippen MR) is 69.7 cm³/mol. The van der Waals surface area contributed by atoms with E-state index in [1.54, 1.807) is 7.11 Å². The Morgan fingerprint density at radius 2 is 1.89 bits per heavy atom. The quantitative estimate of drug-likeness (QED) is 0.869. The smallest absolute Gasteiger partial charge is 0.221 e. The highest BCUT2D eigenvalue weighted by atomic mass is 16.5. The third-order valence-corrected chi connectivity index (χ3v) is 4.46. The number of methoxy groups -OCH3 is 1. The second-order valence-corrected chi connectivity index (χ2v) is 5.44. The summed E-state index contributed by atoms with van der Waals surface area (Å²) in [6.45, 7) is 0. The van der Waals surface area contributed by atoms with E-state index in [4.69, 9.17) is 4.74 Å². The Kier molecular flexibility index (Phi) is 2.77. The van der Waals surface area contributed by atoms with Gasteiger partial charge in [-0.2, -0.15) is 0 Å². The zero-order valence-electron chi connectivity index (χ0n) is 10.7. The molecule has 1 saturated carbocycles. The molecule has 3 heteroatoms. The highest BCUT2D eigenvalue weighted by molar-refractivity contribution is 5.81. The summed E-state index contributed by atoms with van der Waals surface area (Å²) in [5, 5.41) is 3.24. The standard InChI is InChI=1S/C15H19NO2/c1-18-12-6-4-11(5-7-12)13-10-14(17)16-15(13)8-2-3-9-15/h4-7,13H,2-3,8-10H2,1H3,(H,16,17). The third kappa shape index (κ3) is 1.78. The van der Waals surface area contributed by atoms with Gasteiger partial charge in [-0.15, -0.1) is 0 Å². The van der Waals surface area contributed by atoms with Crippen LogP contribution in [0.5, 0.6) is 5.75 Å². The molecule has 3 nitrogen and oxygen atoms in total. The van der Waals surface area contributed by atoms with Crippen molar-refractivity contribution in [3.63, 3.8) is 0 Å². The number of nitrogens with one attached hydrogen (secondary N) is 1. The van der Waals surface area contributed by atoms with Gasteiger partial charge in [-0.25, -0.2) is 0 Å². The summed E-state index contributed by atoms with van der Waals surface area (Å²) in [7, 11) is 1.67. The predicted octanol–water partition coefficient (Wildman–Crippen LogP) is 2.61. The minimum Gasteiger partial charge on any atom is -0.497 e. The minimum absolute atomic E-state index is 0.0334. The van der Waals surface area contributed by atoms with Gasteiger partial charge in [0.15, 0.2) is 0 Å². The van der Waals surface area contributed by atoms with Gasteiger partial charge in [0.25, 0.3) is 0 Å². The zero-order chi connectivity index (χ0) is 12.6. The Hall–Kier alpha value is -1.51. The zero-order valence-corrected chi connectivity index (χ0v) is 10.7. The normalized spacial score (nSPS) is 25.4. The van der Waals surface area contributed by atoms with E-state index in [1.165, 1.54) is 18.4 Å². The fourth-order valence-electron chi connectivity index (χ4n) is 3.55. The molecule has 1 amide bonds. The lowest BCUT2D eigenvalue weighted by Crippen LogP contribution is -2.42. The van der Waals surface area contributed by atoms with E-state index < -0.39 is 0 Å². The summed E-state index contributed by atoms with van der Waals surface area (Å²) in [5.74, 6) is 1.41. The number of benzene rings is 1. The van der Waals surface area contributed by atoms with Crippen molar-refractivity contribution in [3.05, 3.63) is 29.8 Å². The summed E-state index contributed by atoms with van der Waals surface area (Å²) in [6.07, 6.45) is 5.33. The Morgan fingerprint density at radius 1 is 1.22 bits per heavy atom. The van der Waals surface area contributed by atoms with Crippen LogP contribution in [0.3, 0.4) is 0 Å². The lowest BCUT2D eigenvalue weighted by molar-refractivity contribution is -0.119. The average molecular weight is 245 g/mol. The van der Waals surface area contributed by atoms with Crippen molar-refractivity contribution in [1.82, 2.24) is 5.32 Å². The Balaban J connectivity index is 1.91. The van der Waals surface area contributed by atoms with E-state index in [0.29, 0.717) is 12.3 Å². The summed E-state index contributed by atoms with van der Waals surface area (Å²) in [6, 6.07) is 8.18. The van der Waals surface area contributed by atoms with Gasteiger partial charge in [0.05, 0.1) is 7.11 Å². The second kappa shape index (κ2) is 4.30. The molecule has 18 heavy (non-hydrogen) atoms. The van der Waals surface area contributed by atoms with Crippen LogP contribution < -0.4 is 10.1 Å². The molecule has 1 unspecified atom stereocenters. The fraction of sp³-hybridized carbons (Fsp3) is 0.533. The Labute approximate surface area is 108 Å². The molecule has 1 N–H and O–H groups in total. The molecule has 1 spiro atoms. The molecule has 3 rings (SSSR count). The summed E-state index contributed by atoms with van der Waals surface area (Å²) < 4.78 is 5.19. The molecule has 1 aliphatic carbocycles. The molecule has 1 heterocycles. The molecule has 1 saturated heterocycles. The third-order valence-electron chi connectivity index (χ3n) is 4.46. The van der Waals surface area contributed by atoms with E-state index in [-0.39, 0.29) is 11.4 Å². The van der Waals surface area contributed by atoms with Gasteiger partial charge < -0.3 is 10.1 Å². The van der Waals surface area contributed by atoms with Crippen LogP contribution in [0.2, 0.25) is 0 Å². The SMILES string of the molecule is COc1ccc(C2CC(=O)NC23CCCC3)cc1. The van der Waals surface area contributed by atoms with E-state index in [1.807, 2.05) is 12.1 Å². The van der Waals surface area contributed by atoms with Crippen molar-refractivity contribution in [1.29, 1.82) is 0 Å². The number of ether oxygens (including phenoxy) is 1. The van der Waals surface area contributed by atoms with Crippen molar-refractivity contribution in [2.24, 2.45) is 0 Å². The molecule has 0 aromatic heterocycles. The lowest BCUT2D eigenvalue weighted by Gasteiger charge is -2.31. The van der Waals surface area contributed by atoms with Crippen molar-refractivity contribution in [3.8, 4) is 5.75 Å². The van der Waals surface area contributed by atoms with Crippen LogP contribution in [0.1, 0.15) is 43.6 Å². The van der Waals surface area contributed by atoms with Gasteiger partial charge in [0.2, 0.25) is 5.91 Å². The Morgan fingerprint density at radius 3 is 2.50 bits per heavy atom. The van der Waals surface area contributed by atoms with Gasteiger partial charge in [-0.1, -0.05) is 25.0 Å². The lowest BCUT2D eigenvalue weighted by atomic mass is 9.79. The van der Waals surface area contributed by atoms with Crippen LogP contribution in [0.15, 0.2) is 24.3 Å². The number of rotatable bonds is 2. The molecule has 96 valence electrons. The highest BCUT2D eigenvalue weighted by Gasteiger charge is 2.48. The van der Waals surface area contributed by atoms with Gasteiger partial charge in [0.1, 0.15) is 5.75 Å². The van der Waals surface area contributed by atoms with Crippen molar-refractivity contribution >= 4 is 5.91 Å². The first kappa shape index (κ1) is 11.6. The van der Waals surface area contributed by atoms with E-state index in [9.17, 15) is 4.79 Å². The van der Waals surface area contributed by atoms with Crippen LogP contribution in [0, 0.1) is 0 Å². The Bertz CT molecular complexity index is 446. The molecule has 2 aliphatic rings. The first-order chi connectivity index (χ1) is 8.73. The van der Waals surface area contributed by atoms with Gasteiger partial charge in [-0.3, -0.25) is 4.79 Å². The largest absolute Gasteiger partial charge is 0.497 e. The maximum absolute atomic E-state index is 11.8. The molecule has 2 fully saturated rings. The van der Waals surface area contributed by atoms with E-state index in [2.05, 4.69) is 17.4 Å². The van der Waals surface area contributed by atoms with Gasteiger partial charge >= 0.3 is 0 Å². The van der Waals surface area contributed by atoms with Crippen LogP contribution in [0.4, 0.5) is 0 Å². The second-order valence-electron chi connectivity index (χ2n) is 5.44. The van der Waals surface area contributed by atoms with E-state index in [0.717, 1.165) is 18.6 Å².